The van der Waals surface area contributed by atoms with Crippen molar-refractivity contribution in [3.63, 3.8) is 0 Å². The third kappa shape index (κ3) is 2.40. The molecule has 0 spiro atoms. The Bertz CT molecular complexity index is 519. The molecule has 0 bridgehead atoms. The Morgan fingerprint density at radius 2 is 2.10 bits per heavy atom. The zero-order valence-corrected chi connectivity index (χ0v) is 12.6. The zero-order valence-electron chi connectivity index (χ0n) is 11.0. The minimum atomic E-state index is -0.570. The van der Waals surface area contributed by atoms with Crippen molar-refractivity contribution in [2.24, 2.45) is 11.3 Å². The third-order valence-corrected chi connectivity index (χ3v) is 5.15. The second-order valence-electron chi connectivity index (χ2n) is 5.90. The number of aliphatic hydroxyl groups is 1. The lowest BCUT2D eigenvalue weighted by Gasteiger charge is -2.32. The Kier molecular flexibility index (Phi) is 3.86. The quantitative estimate of drug-likeness (QED) is 0.846. The van der Waals surface area contributed by atoms with Gasteiger partial charge in [-0.15, -0.1) is 0 Å². The van der Waals surface area contributed by atoms with Gasteiger partial charge >= 0.3 is 0 Å². The van der Waals surface area contributed by atoms with E-state index in [1.807, 2.05) is 0 Å². The van der Waals surface area contributed by atoms with E-state index < -0.39 is 17.0 Å². The van der Waals surface area contributed by atoms with Crippen LogP contribution in [-0.4, -0.2) is 24.4 Å². The summed E-state index contributed by atoms with van der Waals surface area (Å²) >= 11 is 3.09. The molecule has 2 fully saturated rings. The van der Waals surface area contributed by atoms with Gasteiger partial charge in [0, 0.05) is 17.6 Å². The highest BCUT2D eigenvalue weighted by molar-refractivity contribution is 9.10. The van der Waals surface area contributed by atoms with Gasteiger partial charge in [-0.3, -0.25) is 0 Å². The van der Waals surface area contributed by atoms with Crippen molar-refractivity contribution in [1.82, 2.24) is 0 Å². The van der Waals surface area contributed by atoms with Gasteiger partial charge in [-0.05, 0) is 59.7 Å². The van der Waals surface area contributed by atoms with Gasteiger partial charge in [0.1, 0.15) is 11.6 Å². The molecular weight excluding hydrogens is 330 g/mol. The minimum Gasteiger partial charge on any atom is -0.396 e. The molecule has 1 heterocycles. The van der Waals surface area contributed by atoms with Crippen molar-refractivity contribution in [3.05, 3.63) is 33.8 Å². The summed E-state index contributed by atoms with van der Waals surface area (Å²) in [7, 11) is 0. The molecule has 0 aromatic heterocycles. The number of hydrogen-bond acceptors (Lipinski definition) is 2. The number of benzene rings is 1. The number of aliphatic hydroxyl groups excluding tert-OH is 1. The summed E-state index contributed by atoms with van der Waals surface area (Å²) in [4.78, 5) is 0. The first-order chi connectivity index (χ1) is 9.57. The first-order valence-electron chi connectivity index (χ1n) is 6.92. The molecule has 2 atom stereocenters. The Labute approximate surface area is 125 Å². The van der Waals surface area contributed by atoms with Crippen LogP contribution in [-0.2, 0) is 11.2 Å². The predicted molar refractivity (Wildman–Crippen MR) is 74.4 cm³/mol. The maximum absolute atomic E-state index is 14.2. The van der Waals surface area contributed by atoms with Crippen molar-refractivity contribution < 1.29 is 18.6 Å². The Balaban J connectivity index is 1.93. The molecule has 1 aliphatic heterocycles. The fourth-order valence-electron chi connectivity index (χ4n) is 3.24. The highest BCUT2D eigenvalue weighted by Gasteiger charge is 2.51. The van der Waals surface area contributed by atoms with Gasteiger partial charge in [0.2, 0.25) is 0 Å². The van der Waals surface area contributed by atoms with Crippen molar-refractivity contribution in [3.8, 4) is 0 Å². The number of ether oxygens (including phenoxy) is 1. The van der Waals surface area contributed by atoms with Gasteiger partial charge in [-0.25, -0.2) is 8.78 Å². The van der Waals surface area contributed by atoms with Crippen LogP contribution in [0.2, 0.25) is 0 Å². The van der Waals surface area contributed by atoms with E-state index in [1.165, 1.54) is 12.1 Å². The van der Waals surface area contributed by atoms with Crippen LogP contribution in [0.3, 0.4) is 0 Å². The van der Waals surface area contributed by atoms with E-state index >= 15 is 0 Å². The van der Waals surface area contributed by atoms with E-state index in [1.54, 1.807) is 0 Å². The summed E-state index contributed by atoms with van der Waals surface area (Å²) in [6, 6.07) is 2.62. The monoisotopic (exact) mass is 346 g/mol. The fourth-order valence-corrected chi connectivity index (χ4v) is 3.61. The van der Waals surface area contributed by atoms with Gasteiger partial charge in [0.05, 0.1) is 17.2 Å². The molecule has 20 heavy (non-hydrogen) atoms. The van der Waals surface area contributed by atoms with Gasteiger partial charge in [0.25, 0.3) is 0 Å². The van der Waals surface area contributed by atoms with E-state index in [4.69, 9.17) is 4.74 Å². The van der Waals surface area contributed by atoms with E-state index in [2.05, 4.69) is 15.9 Å². The van der Waals surface area contributed by atoms with E-state index in [0.717, 1.165) is 12.8 Å². The maximum atomic E-state index is 14.2. The molecule has 1 saturated heterocycles. The summed E-state index contributed by atoms with van der Waals surface area (Å²) in [6.45, 7) is 0.457. The number of halogens is 3. The van der Waals surface area contributed by atoms with Gasteiger partial charge in [-0.1, -0.05) is 0 Å². The molecule has 0 radical (unpaired) electrons. The highest BCUT2D eigenvalue weighted by atomic mass is 79.9. The van der Waals surface area contributed by atoms with E-state index in [-0.39, 0.29) is 29.2 Å². The van der Waals surface area contributed by atoms with Crippen molar-refractivity contribution >= 4 is 15.9 Å². The van der Waals surface area contributed by atoms with Crippen LogP contribution in [0, 0.1) is 23.0 Å². The molecule has 1 aliphatic carbocycles. The molecule has 0 amide bonds. The summed E-state index contributed by atoms with van der Waals surface area (Å²) in [6.07, 6.45) is 2.91. The molecule has 110 valence electrons. The van der Waals surface area contributed by atoms with Crippen LogP contribution in [0.5, 0.6) is 0 Å². The molecular formula is C15H17BrF2O2. The van der Waals surface area contributed by atoms with Gasteiger partial charge < -0.3 is 9.84 Å². The van der Waals surface area contributed by atoms with Crippen molar-refractivity contribution in [2.45, 2.75) is 31.8 Å². The predicted octanol–water partition coefficient (Wildman–Crippen LogP) is 3.45. The Morgan fingerprint density at radius 1 is 1.35 bits per heavy atom. The van der Waals surface area contributed by atoms with Gasteiger partial charge in [0.15, 0.2) is 0 Å². The number of hydrogen-bond donors (Lipinski definition) is 1. The molecule has 1 aromatic carbocycles. The van der Waals surface area contributed by atoms with Crippen LogP contribution < -0.4 is 0 Å². The lowest BCUT2D eigenvalue weighted by atomic mass is 9.74. The molecule has 5 heteroatoms. The maximum Gasteiger partial charge on any atom is 0.143 e. The second kappa shape index (κ2) is 5.35. The normalized spacial score (nSPS) is 29.9. The van der Waals surface area contributed by atoms with Crippen molar-refractivity contribution in [2.75, 3.05) is 13.2 Å². The minimum absolute atomic E-state index is 0.0459. The number of rotatable bonds is 4. The first kappa shape index (κ1) is 14.4. The molecule has 1 saturated carbocycles. The van der Waals surface area contributed by atoms with Crippen LogP contribution in [0.4, 0.5) is 8.78 Å². The van der Waals surface area contributed by atoms with Gasteiger partial charge in [-0.2, -0.15) is 0 Å². The van der Waals surface area contributed by atoms with Crippen LogP contribution in [0.15, 0.2) is 16.6 Å². The summed E-state index contributed by atoms with van der Waals surface area (Å²) in [5.74, 6) is -0.692. The van der Waals surface area contributed by atoms with Crippen LogP contribution in [0.1, 0.15) is 24.8 Å². The van der Waals surface area contributed by atoms with E-state index in [9.17, 15) is 13.9 Å². The van der Waals surface area contributed by atoms with Crippen molar-refractivity contribution in [1.29, 1.82) is 0 Å². The summed E-state index contributed by atoms with van der Waals surface area (Å²) < 4.78 is 34.1. The highest BCUT2D eigenvalue weighted by Crippen LogP contribution is 2.49. The SMILES string of the molecule is OCC1(Cc2c(F)ccc(Br)c2F)CCOC1C1CC1. The molecule has 1 N–H and O–H groups in total. The summed E-state index contributed by atoms with van der Waals surface area (Å²) in [5, 5.41) is 9.84. The first-order valence-corrected chi connectivity index (χ1v) is 7.71. The second-order valence-corrected chi connectivity index (χ2v) is 6.75. The van der Waals surface area contributed by atoms with E-state index in [0.29, 0.717) is 18.9 Å². The summed E-state index contributed by atoms with van der Waals surface area (Å²) in [5.41, 5.74) is -0.506. The lowest BCUT2D eigenvalue weighted by molar-refractivity contribution is -0.000206. The average molecular weight is 347 g/mol. The molecule has 2 unspecified atom stereocenters. The topological polar surface area (TPSA) is 29.5 Å². The fraction of sp³-hybridized carbons (Fsp3) is 0.600. The van der Waals surface area contributed by atoms with Crippen LogP contribution >= 0.6 is 15.9 Å². The lowest BCUT2D eigenvalue weighted by Crippen LogP contribution is -2.38. The Hall–Kier alpha value is -0.520. The van der Waals surface area contributed by atoms with Crippen LogP contribution in [0.25, 0.3) is 0 Å². The molecule has 2 nitrogen and oxygen atoms in total. The molecule has 3 rings (SSSR count). The smallest absolute Gasteiger partial charge is 0.143 e. The zero-order chi connectivity index (χ0) is 14.3. The Morgan fingerprint density at radius 3 is 2.75 bits per heavy atom. The largest absolute Gasteiger partial charge is 0.396 e. The molecule has 1 aromatic rings. The third-order valence-electron chi connectivity index (χ3n) is 4.53. The average Bonchev–Trinajstić information content (AvgIpc) is 3.20. The molecule has 2 aliphatic rings. The standard InChI is InChI=1S/C15H17BrF2O2/c16-11-3-4-12(17)10(13(11)18)7-15(8-19)5-6-20-14(15)9-1-2-9/h3-4,9,14,19H,1-2,5-8H2.